The van der Waals surface area contributed by atoms with Crippen LogP contribution in [-0.4, -0.2) is 51.3 Å². The first-order valence-electron chi connectivity index (χ1n) is 11.5. The van der Waals surface area contributed by atoms with Crippen molar-refractivity contribution in [3.8, 4) is 11.1 Å². The van der Waals surface area contributed by atoms with Crippen molar-refractivity contribution < 1.29 is 19.4 Å². The number of carboxylic acids is 1. The van der Waals surface area contributed by atoms with Crippen LogP contribution in [0.15, 0.2) is 48.5 Å². The minimum atomic E-state index is -1.10. The van der Waals surface area contributed by atoms with Gasteiger partial charge in [0.25, 0.3) is 0 Å². The molecule has 0 saturated heterocycles. The van der Waals surface area contributed by atoms with E-state index in [1.165, 1.54) is 0 Å². The lowest BCUT2D eigenvalue weighted by atomic mass is 9.98. The second-order valence-electron chi connectivity index (χ2n) is 8.36. The molecule has 10 heteroatoms. The highest BCUT2D eigenvalue weighted by molar-refractivity contribution is 7.99. The molecule has 188 valence electrons. The van der Waals surface area contributed by atoms with Gasteiger partial charge >= 0.3 is 12.1 Å². The Morgan fingerprint density at radius 2 is 1.69 bits per heavy atom. The molecule has 3 aromatic rings. The fourth-order valence-corrected chi connectivity index (χ4v) is 5.85. The topological polar surface area (TPSA) is 101 Å². The molecule has 1 heterocycles. The molecule has 0 radical (unpaired) electrons. The maximum absolute atomic E-state index is 12.5. The number of thioether (sulfide) groups is 1. The quantitative estimate of drug-likeness (QED) is 0.190. The molecule has 1 unspecified atom stereocenters. The molecule has 0 fully saturated rings. The number of aromatic nitrogens is 2. The van der Waals surface area contributed by atoms with Gasteiger partial charge < -0.3 is 15.2 Å². The van der Waals surface area contributed by atoms with Crippen LogP contribution in [0.25, 0.3) is 11.1 Å². The van der Waals surface area contributed by atoms with E-state index in [0.717, 1.165) is 33.5 Å². The number of aryl methyl sites for hydroxylation is 1. The van der Waals surface area contributed by atoms with E-state index in [1.807, 2.05) is 43.3 Å². The van der Waals surface area contributed by atoms with Crippen LogP contribution < -0.4 is 5.32 Å². The molecule has 1 aliphatic rings. The molecule has 1 atom stereocenters. The van der Waals surface area contributed by atoms with Gasteiger partial charge in [-0.1, -0.05) is 60.1 Å². The third kappa shape index (κ3) is 6.11. The summed E-state index contributed by atoms with van der Waals surface area (Å²) in [5, 5.41) is 12.5. The number of amides is 1. The summed E-state index contributed by atoms with van der Waals surface area (Å²) in [5.74, 6) is 0.0393. The molecule has 1 aromatic heterocycles. The molecule has 0 saturated carbocycles. The predicted octanol–water partition coefficient (Wildman–Crippen LogP) is 5.75. The van der Waals surface area contributed by atoms with Crippen molar-refractivity contribution in [1.29, 1.82) is 0 Å². The largest absolute Gasteiger partial charge is 0.480 e. The maximum Gasteiger partial charge on any atom is 0.407 e. The fourth-order valence-electron chi connectivity index (χ4n) is 4.33. The fraction of sp³-hybridized carbons (Fsp3) is 0.308. The van der Waals surface area contributed by atoms with E-state index < -0.39 is 18.1 Å². The van der Waals surface area contributed by atoms with E-state index >= 15 is 0 Å². The molecule has 2 N–H and O–H groups in total. The monoisotopic (exact) mass is 545 g/mol. The molecule has 0 aliphatic heterocycles. The molecule has 1 amide bonds. The van der Waals surface area contributed by atoms with Gasteiger partial charge in [-0.3, -0.25) is 0 Å². The zero-order valence-corrected chi connectivity index (χ0v) is 21.9. The van der Waals surface area contributed by atoms with Crippen LogP contribution in [0, 0.1) is 6.92 Å². The Morgan fingerprint density at radius 1 is 1.06 bits per heavy atom. The molecule has 2 aromatic carbocycles. The van der Waals surface area contributed by atoms with Gasteiger partial charge in [0.2, 0.25) is 5.28 Å². The summed E-state index contributed by atoms with van der Waals surface area (Å²) >= 11 is 13.5. The number of nitrogens with zero attached hydrogens (tertiary/aromatic N) is 2. The lowest BCUT2D eigenvalue weighted by Gasteiger charge is -2.17. The lowest BCUT2D eigenvalue weighted by Crippen LogP contribution is -2.41. The third-order valence-corrected chi connectivity index (χ3v) is 7.62. The predicted molar refractivity (Wildman–Crippen MR) is 142 cm³/mol. The molecule has 36 heavy (non-hydrogen) atoms. The SMILES string of the molecule is Cc1nc(Cl)nc(Cl)c1CCSCCC(NC(=O)OCC1c2ccccc2-c2ccccc21)C(=O)O. The first kappa shape index (κ1) is 26.3. The van der Waals surface area contributed by atoms with E-state index in [-0.39, 0.29) is 24.2 Å². The van der Waals surface area contributed by atoms with Crippen molar-refractivity contribution in [1.82, 2.24) is 15.3 Å². The molecule has 7 nitrogen and oxygen atoms in total. The summed E-state index contributed by atoms with van der Waals surface area (Å²) in [6.45, 7) is 1.95. The highest BCUT2D eigenvalue weighted by atomic mass is 35.5. The van der Waals surface area contributed by atoms with Crippen LogP contribution in [0.1, 0.15) is 34.7 Å². The molecular weight excluding hydrogens is 521 g/mol. The second-order valence-corrected chi connectivity index (χ2v) is 10.3. The molecule has 0 spiro atoms. The van der Waals surface area contributed by atoms with Gasteiger partial charge in [-0.25, -0.2) is 19.6 Å². The van der Waals surface area contributed by atoms with Gasteiger partial charge in [0.15, 0.2) is 0 Å². The number of fused-ring (bicyclic) bond motifs is 3. The number of ether oxygens (including phenoxy) is 1. The summed E-state index contributed by atoms with van der Waals surface area (Å²) in [7, 11) is 0. The zero-order chi connectivity index (χ0) is 25.7. The van der Waals surface area contributed by atoms with Crippen LogP contribution in [0.2, 0.25) is 10.4 Å². The smallest absolute Gasteiger partial charge is 0.407 e. The first-order valence-corrected chi connectivity index (χ1v) is 13.4. The molecular formula is C26H25Cl2N3O4S. The number of carboxylic acid groups (broad SMARTS) is 1. The Kier molecular flexibility index (Phi) is 8.72. The summed E-state index contributed by atoms with van der Waals surface area (Å²) < 4.78 is 5.48. The maximum atomic E-state index is 12.5. The Labute approximate surface area is 223 Å². The molecule has 0 bridgehead atoms. The van der Waals surface area contributed by atoms with Gasteiger partial charge in [-0.05, 0) is 65.1 Å². The Bertz CT molecular complexity index is 1200. The minimum Gasteiger partial charge on any atom is -0.480 e. The minimum absolute atomic E-state index is 0.0888. The number of carbonyl (C=O) groups excluding carboxylic acids is 1. The van der Waals surface area contributed by atoms with Crippen LogP contribution in [0.3, 0.4) is 0 Å². The molecule has 4 rings (SSSR count). The zero-order valence-electron chi connectivity index (χ0n) is 19.5. The van der Waals surface area contributed by atoms with Crippen molar-refractivity contribution in [2.24, 2.45) is 0 Å². The highest BCUT2D eigenvalue weighted by Gasteiger charge is 2.29. The van der Waals surface area contributed by atoms with Crippen LogP contribution in [-0.2, 0) is 16.0 Å². The van der Waals surface area contributed by atoms with Gasteiger partial charge in [0, 0.05) is 17.2 Å². The van der Waals surface area contributed by atoms with Crippen molar-refractivity contribution in [2.45, 2.75) is 31.7 Å². The number of nitrogens with one attached hydrogen (secondary N) is 1. The van der Waals surface area contributed by atoms with E-state index in [1.54, 1.807) is 11.8 Å². The number of hydrogen-bond donors (Lipinski definition) is 2. The number of alkyl carbamates (subject to hydrolysis) is 1. The standard InChI is InChI=1S/C26H25Cl2N3O4S/c1-15-16(23(27)31-25(28)29-15)10-12-36-13-11-22(24(32)33)30-26(34)35-14-21-19-8-4-2-6-17(19)18-7-3-5-9-20(18)21/h2-9,21-22H,10-14H2,1H3,(H,30,34)(H,32,33). The summed E-state index contributed by atoms with van der Waals surface area (Å²) in [6.07, 6.45) is 0.146. The first-order chi connectivity index (χ1) is 17.3. The Hall–Kier alpha value is -2.81. The summed E-state index contributed by atoms with van der Waals surface area (Å²) in [6, 6.07) is 15.0. The van der Waals surface area contributed by atoms with Crippen molar-refractivity contribution >= 4 is 47.0 Å². The average Bonchev–Trinajstić information content (AvgIpc) is 3.16. The van der Waals surface area contributed by atoms with E-state index in [2.05, 4.69) is 27.4 Å². The van der Waals surface area contributed by atoms with Crippen LogP contribution in [0.4, 0.5) is 4.79 Å². The van der Waals surface area contributed by atoms with E-state index in [9.17, 15) is 14.7 Å². The van der Waals surface area contributed by atoms with Gasteiger partial charge in [-0.2, -0.15) is 11.8 Å². The van der Waals surface area contributed by atoms with E-state index in [4.69, 9.17) is 27.9 Å². The molecule has 1 aliphatic carbocycles. The lowest BCUT2D eigenvalue weighted by molar-refractivity contribution is -0.139. The van der Waals surface area contributed by atoms with E-state index in [0.29, 0.717) is 23.1 Å². The van der Waals surface area contributed by atoms with Crippen molar-refractivity contribution in [3.63, 3.8) is 0 Å². The Balaban J connectivity index is 1.26. The summed E-state index contributed by atoms with van der Waals surface area (Å²) in [5.41, 5.74) is 5.99. The summed E-state index contributed by atoms with van der Waals surface area (Å²) in [4.78, 5) is 32.2. The average molecular weight is 546 g/mol. The number of hydrogen-bond acceptors (Lipinski definition) is 6. The number of carbonyl (C=O) groups is 2. The number of benzene rings is 2. The van der Waals surface area contributed by atoms with Crippen molar-refractivity contribution in [2.75, 3.05) is 18.1 Å². The van der Waals surface area contributed by atoms with Crippen LogP contribution >= 0.6 is 35.0 Å². The normalized spacial score (nSPS) is 13.1. The number of halogens is 2. The van der Waals surface area contributed by atoms with Gasteiger partial charge in [-0.15, -0.1) is 0 Å². The Morgan fingerprint density at radius 3 is 2.31 bits per heavy atom. The number of rotatable bonds is 10. The third-order valence-electron chi connectivity index (χ3n) is 6.12. The highest BCUT2D eigenvalue weighted by Crippen LogP contribution is 2.44. The van der Waals surface area contributed by atoms with Gasteiger partial charge in [0.05, 0.1) is 0 Å². The van der Waals surface area contributed by atoms with Crippen LogP contribution in [0.5, 0.6) is 0 Å². The number of aliphatic carboxylic acids is 1. The van der Waals surface area contributed by atoms with Gasteiger partial charge in [0.1, 0.15) is 17.8 Å². The second kappa shape index (κ2) is 12.0. The van der Waals surface area contributed by atoms with Crippen molar-refractivity contribution in [3.05, 3.63) is 81.4 Å².